The van der Waals surface area contributed by atoms with Crippen molar-refractivity contribution in [1.29, 1.82) is 0 Å². The van der Waals surface area contributed by atoms with Gasteiger partial charge in [0.1, 0.15) is 18.0 Å². The average Bonchev–Trinajstić information content (AvgIpc) is 3.22. The maximum Gasteiger partial charge on any atom is 0.290 e. The van der Waals surface area contributed by atoms with Crippen LogP contribution in [-0.2, 0) is 19.1 Å². The lowest BCUT2D eigenvalue weighted by molar-refractivity contribution is -0.148. The Morgan fingerprint density at radius 2 is 1.97 bits per heavy atom. The Balaban J connectivity index is 1.99. The minimum absolute atomic E-state index is 0.0329. The van der Waals surface area contributed by atoms with Crippen LogP contribution >= 0.6 is 0 Å². The molecular formula is C24H32N2O7. The monoisotopic (exact) mass is 460 g/mol. The molecule has 2 amide bonds. The smallest absolute Gasteiger partial charge is 0.290 e. The summed E-state index contributed by atoms with van der Waals surface area (Å²) in [6, 6.07) is 6.31. The molecule has 1 aliphatic heterocycles. The van der Waals surface area contributed by atoms with Crippen molar-refractivity contribution in [1.82, 2.24) is 10.2 Å². The Hall–Kier alpha value is -2.75. The Bertz CT molecular complexity index is 901. The number of Topliss-reactive ketones (excluding diaryl/α,β-unsaturated/α-hetero) is 1. The van der Waals surface area contributed by atoms with Crippen LogP contribution in [0.25, 0.3) is 0 Å². The molecule has 3 N–H and O–H groups in total. The number of carbonyl (C=O) groups is 3. The molecule has 180 valence electrons. The average molecular weight is 461 g/mol. The van der Waals surface area contributed by atoms with Crippen LogP contribution in [0.2, 0.25) is 0 Å². The summed E-state index contributed by atoms with van der Waals surface area (Å²) in [5.41, 5.74) is 1.10. The van der Waals surface area contributed by atoms with E-state index in [0.29, 0.717) is 31.0 Å². The Labute approximate surface area is 193 Å². The van der Waals surface area contributed by atoms with E-state index in [2.05, 4.69) is 5.32 Å². The number of ketones is 1. The minimum atomic E-state index is -1.16. The molecule has 9 heteroatoms. The number of aliphatic hydroxyl groups excluding tert-OH is 2. The fourth-order valence-electron chi connectivity index (χ4n) is 4.37. The number of para-hydroxylation sites is 1. The first-order valence-corrected chi connectivity index (χ1v) is 11.4. The topological polar surface area (TPSA) is 125 Å². The largest absolute Gasteiger partial charge is 0.486 e. The highest BCUT2D eigenvalue weighted by atomic mass is 16.5. The van der Waals surface area contributed by atoms with Crippen LogP contribution in [0.3, 0.4) is 0 Å². The lowest BCUT2D eigenvalue weighted by atomic mass is 9.77. The number of benzene rings is 1. The summed E-state index contributed by atoms with van der Waals surface area (Å²) >= 11 is 0. The second-order valence-corrected chi connectivity index (χ2v) is 8.01. The molecule has 0 radical (unpaired) electrons. The number of nitrogens with zero attached hydrogens (tertiary/aromatic N) is 1. The normalized spacial score (nSPS) is 23.1. The van der Waals surface area contributed by atoms with E-state index < -0.39 is 41.8 Å². The predicted octanol–water partition coefficient (Wildman–Crippen LogP) is 0.544. The van der Waals surface area contributed by atoms with E-state index in [0.717, 1.165) is 5.56 Å². The number of fused-ring (bicyclic) bond motifs is 3. The van der Waals surface area contributed by atoms with E-state index >= 15 is 0 Å². The molecular weight excluding hydrogens is 428 g/mol. The van der Waals surface area contributed by atoms with Crippen LogP contribution in [0.5, 0.6) is 5.75 Å². The maximum atomic E-state index is 13.0. The van der Waals surface area contributed by atoms with Gasteiger partial charge in [-0.15, -0.1) is 0 Å². The summed E-state index contributed by atoms with van der Waals surface area (Å²) in [4.78, 5) is 39.6. The van der Waals surface area contributed by atoms with Gasteiger partial charge >= 0.3 is 0 Å². The van der Waals surface area contributed by atoms with Crippen LogP contribution in [0.1, 0.15) is 38.2 Å². The first kappa shape index (κ1) is 24.9. The van der Waals surface area contributed by atoms with Crippen LogP contribution in [0.15, 0.2) is 35.9 Å². The molecule has 9 nitrogen and oxygen atoms in total. The summed E-state index contributed by atoms with van der Waals surface area (Å²) in [5.74, 6) is -1.67. The molecule has 1 aromatic carbocycles. The molecule has 0 spiro atoms. The third-order valence-electron chi connectivity index (χ3n) is 5.95. The first-order chi connectivity index (χ1) is 15.9. The van der Waals surface area contributed by atoms with E-state index in [9.17, 15) is 19.5 Å². The van der Waals surface area contributed by atoms with Gasteiger partial charge in [0.15, 0.2) is 0 Å². The molecule has 4 atom stereocenters. The molecule has 0 bridgehead atoms. The highest BCUT2D eigenvalue weighted by molar-refractivity contribution is 6.36. The van der Waals surface area contributed by atoms with Crippen molar-refractivity contribution < 1.29 is 34.1 Å². The zero-order valence-electron chi connectivity index (χ0n) is 19.0. The van der Waals surface area contributed by atoms with Crippen molar-refractivity contribution in [3.8, 4) is 5.75 Å². The molecule has 0 aromatic heterocycles. The summed E-state index contributed by atoms with van der Waals surface area (Å²) in [6.45, 7) is 4.41. The second-order valence-electron chi connectivity index (χ2n) is 8.01. The first-order valence-electron chi connectivity index (χ1n) is 11.4. The van der Waals surface area contributed by atoms with Crippen molar-refractivity contribution in [2.24, 2.45) is 0 Å². The molecule has 0 fully saturated rings. The third-order valence-corrected chi connectivity index (χ3v) is 5.95. The Morgan fingerprint density at radius 1 is 1.21 bits per heavy atom. The minimum Gasteiger partial charge on any atom is -0.486 e. The molecule has 1 aliphatic carbocycles. The third kappa shape index (κ3) is 5.26. The van der Waals surface area contributed by atoms with Crippen LogP contribution in [0, 0.1) is 0 Å². The Morgan fingerprint density at radius 3 is 2.67 bits per heavy atom. The van der Waals surface area contributed by atoms with E-state index in [-0.39, 0.29) is 26.1 Å². The van der Waals surface area contributed by atoms with Crippen LogP contribution in [0.4, 0.5) is 0 Å². The molecule has 1 aromatic rings. The molecule has 2 aliphatic rings. The van der Waals surface area contributed by atoms with Gasteiger partial charge in [-0.2, -0.15) is 0 Å². The van der Waals surface area contributed by atoms with Crippen LogP contribution < -0.4 is 10.1 Å². The number of nitrogens with one attached hydrogen (secondary N) is 1. The van der Waals surface area contributed by atoms with E-state index in [1.807, 2.05) is 19.1 Å². The van der Waals surface area contributed by atoms with Crippen molar-refractivity contribution in [2.45, 2.75) is 50.9 Å². The molecule has 3 rings (SSSR count). The number of ether oxygens (including phenoxy) is 2. The quantitative estimate of drug-likeness (QED) is 0.325. The van der Waals surface area contributed by atoms with E-state index in [1.165, 1.54) is 4.90 Å². The number of hydrogen-bond donors (Lipinski definition) is 3. The van der Waals surface area contributed by atoms with Gasteiger partial charge in [-0.3, -0.25) is 14.4 Å². The number of hydrogen-bond acceptors (Lipinski definition) is 7. The standard InChI is InChI=1S/C24H32N2O7/c1-3-18(28)24(31)26(11-7-13-32-4-2)17-14-16(23(30)25-10-12-27)20-15-8-5-6-9-19(15)33-22(20)21(17)29/h5-6,8-9,14,17,20-22,27,29H,3-4,7,10-13H2,1-2H3,(H,25,30). The van der Waals surface area contributed by atoms with Gasteiger partial charge in [0, 0.05) is 43.9 Å². The predicted molar refractivity (Wildman–Crippen MR) is 120 cm³/mol. The van der Waals surface area contributed by atoms with Crippen LogP contribution in [-0.4, -0.2) is 83.9 Å². The van der Waals surface area contributed by atoms with Gasteiger partial charge in [-0.05, 0) is 25.5 Å². The van der Waals surface area contributed by atoms with Gasteiger partial charge in [0.2, 0.25) is 11.7 Å². The van der Waals surface area contributed by atoms with Gasteiger partial charge < -0.3 is 29.9 Å². The summed E-state index contributed by atoms with van der Waals surface area (Å²) in [6.07, 6.45) is 0.106. The summed E-state index contributed by atoms with van der Waals surface area (Å²) < 4.78 is 11.4. The zero-order valence-corrected chi connectivity index (χ0v) is 19.0. The van der Waals surface area contributed by atoms with Crippen molar-refractivity contribution in [3.63, 3.8) is 0 Å². The highest BCUT2D eigenvalue weighted by Crippen LogP contribution is 2.47. The summed E-state index contributed by atoms with van der Waals surface area (Å²) in [7, 11) is 0. The number of aliphatic hydroxyl groups is 2. The van der Waals surface area contributed by atoms with Gasteiger partial charge in [-0.1, -0.05) is 25.1 Å². The molecule has 33 heavy (non-hydrogen) atoms. The lowest BCUT2D eigenvalue weighted by Crippen LogP contribution is -2.57. The number of rotatable bonds is 11. The maximum absolute atomic E-state index is 13.0. The van der Waals surface area contributed by atoms with E-state index in [1.54, 1.807) is 25.1 Å². The second kappa shape index (κ2) is 11.4. The van der Waals surface area contributed by atoms with Crippen molar-refractivity contribution in [2.75, 3.05) is 32.9 Å². The molecule has 1 heterocycles. The van der Waals surface area contributed by atoms with Crippen molar-refractivity contribution >= 4 is 17.6 Å². The number of carbonyl (C=O) groups excluding carboxylic acids is 3. The molecule has 0 saturated carbocycles. The lowest BCUT2D eigenvalue weighted by Gasteiger charge is -2.40. The molecule has 0 saturated heterocycles. The fourth-order valence-corrected chi connectivity index (χ4v) is 4.37. The molecule has 4 unspecified atom stereocenters. The zero-order chi connectivity index (χ0) is 24.0. The highest BCUT2D eigenvalue weighted by Gasteiger charge is 2.50. The van der Waals surface area contributed by atoms with Gasteiger partial charge in [0.05, 0.1) is 18.6 Å². The van der Waals surface area contributed by atoms with Gasteiger partial charge in [0.25, 0.3) is 5.91 Å². The SMILES string of the molecule is CCOCCCN(C(=O)C(=O)CC)C1C=C(C(=O)NCCO)C2c3ccccc3OC2C1O. The number of amides is 2. The Kier molecular flexibility index (Phi) is 8.60. The van der Waals surface area contributed by atoms with Crippen molar-refractivity contribution in [3.05, 3.63) is 41.5 Å². The summed E-state index contributed by atoms with van der Waals surface area (Å²) in [5, 5.41) is 23.1. The van der Waals surface area contributed by atoms with E-state index in [4.69, 9.17) is 14.6 Å². The fraction of sp³-hybridized carbons (Fsp3) is 0.542. The van der Waals surface area contributed by atoms with Gasteiger partial charge in [-0.25, -0.2) is 0 Å².